The number of fused-ring (bicyclic) bond motifs is 10. The number of rotatable bonds is 1. The number of furan rings is 2. The van der Waals surface area contributed by atoms with Crippen molar-refractivity contribution in [3.05, 3.63) is 109 Å². The van der Waals surface area contributed by atoms with Crippen molar-refractivity contribution < 1.29 is 8.83 Å². The van der Waals surface area contributed by atoms with Gasteiger partial charge in [0.2, 0.25) is 0 Å². The monoisotopic (exact) mass is 490 g/mol. The fourth-order valence-corrected chi connectivity index (χ4v) is 7.12. The third kappa shape index (κ3) is 2.69. The molecule has 3 heteroatoms. The smallest absolute Gasteiger partial charge is 0.136 e. The average Bonchev–Trinajstić information content (AvgIpc) is 3.60. The van der Waals surface area contributed by atoms with E-state index >= 15 is 0 Å². The molecule has 0 aliphatic heterocycles. The summed E-state index contributed by atoms with van der Waals surface area (Å²) >= 11 is 1.86. The Balaban J connectivity index is 1.27. The first kappa shape index (κ1) is 19.6. The molecule has 9 aromatic rings. The lowest BCUT2D eigenvalue weighted by Crippen LogP contribution is -1.78. The van der Waals surface area contributed by atoms with Crippen molar-refractivity contribution in [2.75, 3.05) is 0 Å². The third-order valence-electron chi connectivity index (χ3n) is 7.64. The van der Waals surface area contributed by atoms with Crippen molar-refractivity contribution in [3.8, 4) is 11.1 Å². The molecule has 0 atom stereocenters. The molecule has 0 bridgehead atoms. The van der Waals surface area contributed by atoms with Crippen LogP contribution in [0.4, 0.5) is 0 Å². The van der Waals surface area contributed by atoms with Crippen LogP contribution in [0, 0.1) is 0 Å². The second-order valence-electron chi connectivity index (χ2n) is 9.74. The molecule has 6 aromatic carbocycles. The molecule has 0 aliphatic rings. The lowest BCUT2D eigenvalue weighted by atomic mass is 10.00. The van der Waals surface area contributed by atoms with Crippen LogP contribution in [0.2, 0.25) is 0 Å². The van der Waals surface area contributed by atoms with Crippen LogP contribution in [0.15, 0.2) is 118 Å². The summed E-state index contributed by atoms with van der Waals surface area (Å²) < 4.78 is 15.2. The van der Waals surface area contributed by atoms with Crippen LogP contribution in [0.5, 0.6) is 0 Å². The van der Waals surface area contributed by atoms with Gasteiger partial charge in [-0.05, 0) is 70.4 Å². The second-order valence-corrected chi connectivity index (χ2v) is 10.8. The van der Waals surface area contributed by atoms with E-state index in [0.717, 1.165) is 49.3 Å². The van der Waals surface area contributed by atoms with E-state index < -0.39 is 0 Å². The molecule has 0 radical (unpaired) electrons. The Bertz CT molecular complexity index is 2360. The molecule has 3 aromatic heterocycles. The van der Waals surface area contributed by atoms with E-state index in [2.05, 4.69) is 97.1 Å². The first-order valence-electron chi connectivity index (χ1n) is 12.4. The molecule has 37 heavy (non-hydrogen) atoms. The Morgan fingerprint density at radius 2 is 1.08 bits per heavy atom. The fourth-order valence-electron chi connectivity index (χ4n) is 5.88. The van der Waals surface area contributed by atoms with E-state index in [1.165, 1.54) is 36.7 Å². The van der Waals surface area contributed by atoms with Gasteiger partial charge in [-0.1, -0.05) is 60.7 Å². The van der Waals surface area contributed by atoms with Gasteiger partial charge in [0, 0.05) is 41.7 Å². The Kier molecular flexibility index (Phi) is 3.70. The summed E-state index contributed by atoms with van der Waals surface area (Å²) in [7, 11) is 0. The van der Waals surface area contributed by atoms with Crippen LogP contribution in [-0.2, 0) is 0 Å². The minimum absolute atomic E-state index is 0.898. The van der Waals surface area contributed by atoms with Gasteiger partial charge >= 0.3 is 0 Å². The van der Waals surface area contributed by atoms with E-state index in [-0.39, 0.29) is 0 Å². The molecular weight excluding hydrogens is 472 g/mol. The highest BCUT2D eigenvalue weighted by atomic mass is 32.1. The van der Waals surface area contributed by atoms with E-state index in [1.54, 1.807) is 0 Å². The van der Waals surface area contributed by atoms with Crippen molar-refractivity contribution in [2.24, 2.45) is 0 Å². The molecule has 0 aliphatic carbocycles. The van der Waals surface area contributed by atoms with E-state index in [9.17, 15) is 0 Å². The Morgan fingerprint density at radius 3 is 1.95 bits per heavy atom. The molecule has 0 saturated heterocycles. The summed E-state index contributed by atoms with van der Waals surface area (Å²) in [6, 6.07) is 38.9. The predicted molar refractivity (Wildman–Crippen MR) is 157 cm³/mol. The maximum Gasteiger partial charge on any atom is 0.136 e. The molecule has 0 spiro atoms. The van der Waals surface area contributed by atoms with Gasteiger partial charge in [-0.25, -0.2) is 0 Å². The molecule has 0 unspecified atom stereocenters. The number of thiophene rings is 1. The van der Waals surface area contributed by atoms with Crippen LogP contribution in [-0.4, -0.2) is 0 Å². The van der Waals surface area contributed by atoms with Gasteiger partial charge in [0.25, 0.3) is 0 Å². The minimum Gasteiger partial charge on any atom is -0.456 e. The number of hydrogen-bond acceptors (Lipinski definition) is 3. The van der Waals surface area contributed by atoms with E-state index in [0.29, 0.717) is 0 Å². The van der Waals surface area contributed by atoms with Crippen LogP contribution in [0.1, 0.15) is 0 Å². The van der Waals surface area contributed by atoms with Crippen LogP contribution in [0.25, 0.3) is 85.9 Å². The van der Waals surface area contributed by atoms with Crippen LogP contribution >= 0.6 is 11.3 Å². The van der Waals surface area contributed by atoms with Crippen LogP contribution < -0.4 is 0 Å². The normalized spacial score (nSPS) is 12.3. The van der Waals surface area contributed by atoms with Gasteiger partial charge < -0.3 is 8.83 Å². The molecule has 0 amide bonds. The lowest BCUT2D eigenvalue weighted by Gasteiger charge is -2.04. The zero-order valence-electron chi connectivity index (χ0n) is 19.6. The SMILES string of the molecule is c1ccc2c(c1)oc1cc3cc4oc5cc(-c6cccc7c6sc6ccccc67)ccc5c4cc3cc12. The van der Waals surface area contributed by atoms with Gasteiger partial charge in [0.05, 0.1) is 0 Å². The summed E-state index contributed by atoms with van der Waals surface area (Å²) in [5, 5.41) is 9.51. The fraction of sp³-hybridized carbons (Fsp3) is 0. The number of para-hydroxylation sites is 1. The Labute approximate surface area is 214 Å². The van der Waals surface area contributed by atoms with Gasteiger partial charge in [-0.15, -0.1) is 11.3 Å². The molecule has 172 valence electrons. The summed E-state index contributed by atoms with van der Waals surface area (Å²) in [6.07, 6.45) is 0. The largest absolute Gasteiger partial charge is 0.456 e. The van der Waals surface area contributed by atoms with Crippen molar-refractivity contribution in [3.63, 3.8) is 0 Å². The number of hydrogen-bond donors (Lipinski definition) is 0. The summed E-state index contributed by atoms with van der Waals surface area (Å²) in [5.41, 5.74) is 6.06. The first-order valence-corrected chi connectivity index (χ1v) is 13.2. The maximum atomic E-state index is 6.44. The zero-order valence-corrected chi connectivity index (χ0v) is 20.4. The van der Waals surface area contributed by atoms with Crippen molar-refractivity contribution in [1.82, 2.24) is 0 Å². The van der Waals surface area contributed by atoms with Gasteiger partial charge in [-0.2, -0.15) is 0 Å². The topological polar surface area (TPSA) is 26.3 Å². The third-order valence-corrected chi connectivity index (χ3v) is 8.86. The summed E-state index contributed by atoms with van der Waals surface area (Å²) in [4.78, 5) is 0. The number of benzene rings is 6. The molecule has 9 rings (SSSR count). The molecular formula is C34H18O2S. The molecule has 3 heterocycles. The van der Waals surface area contributed by atoms with Crippen molar-refractivity contribution in [2.45, 2.75) is 0 Å². The summed E-state index contributed by atoms with van der Waals surface area (Å²) in [6.45, 7) is 0. The first-order chi connectivity index (χ1) is 18.3. The standard InChI is InChI=1S/C34H18O2S/c1-3-10-29-23(6-1)27-14-20-15-28-24-13-12-19(16-30(24)36-32(28)18-21(20)17-31(27)35-29)22-8-5-9-26-25-7-2-4-11-33(25)37-34(22)26/h1-18H. The molecule has 2 nitrogen and oxygen atoms in total. The van der Waals surface area contributed by atoms with Gasteiger partial charge in [0.15, 0.2) is 0 Å². The maximum absolute atomic E-state index is 6.44. The quantitative estimate of drug-likeness (QED) is 0.229. The predicted octanol–water partition coefficient (Wildman–Crippen LogP) is 10.7. The van der Waals surface area contributed by atoms with E-state index in [4.69, 9.17) is 8.83 Å². The average molecular weight is 491 g/mol. The molecule has 0 fully saturated rings. The zero-order chi connectivity index (χ0) is 24.1. The van der Waals surface area contributed by atoms with E-state index in [1.807, 2.05) is 23.5 Å². The van der Waals surface area contributed by atoms with Gasteiger partial charge in [0.1, 0.15) is 22.3 Å². The van der Waals surface area contributed by atoms with Crippen molar-refractivity contribution >= 4 is 86.2 Å². The second kappa shape index (κ2) is 7.00. The highest BCUT2D eigenvalue weighted by molar-refractivity contribution is 7.26. The minimum atomic E-state index is 0.898. The molecule has 0 saturated carbocycles. The Hall–Kier alpha value is -4.60. The highest BCUT2D eigenvalue weighted by Crippen LogP contribution is 2.42. The van der Waals surface area contributed by atoms with Crippen LogP contribution in [0.3, 0.4) is 0 Å². The molecule has 0 N–H and O–H groups in total. The van der Waals surface area contributed by atoms with Gasteiger partial charge in [-0.3, -0.25) is 0 Å². The van der Waals surface area contributed by atoms with Crippen molar-refractivity contribution in [1.29, 1.82) is 0 Å². The Morgan fingerprint density at radius 1 is 0.432 bits per heavy atom. The lowest BCUT2D eigenvalue weighted by molar-refractivity contribution is 0.668. The summed E-state index contributed by atoms with van der Waals surface area (Å²) in [5.74, 6) is 0. The highest BCUT2D eigenvalue weighted by Gasteiger charge is 2.15.